The minimum atomic E-state index is -3.54. The minimum Gasteiger partial charge on any atom is -0.484 e. The minimum absolute atomic E-state index is 0.125. The number of nitrogens with zero attached hydrogens (tertiary/aromatic N) is 1. The van der Waals surface area contributed by atoms with Crippen molar-refractivity contribution in [1.29, 1.82) is 0 Å². The van der Waals surface area contributed by atoms with Crippen LogP contribution in [0.4, 0.5) is 5.69 Å². The van der Waals surface area contributed by atoms with Gasteiger partial charge in [-0.1, -0.05) is 12.1 Å². The fourth-order valence-electron chi connectivity index (χ4n) is 2.21. The summed E-state index contributed by atoms with van der Waals surface area (Å²) in [5, 5.41) is 2.69. The third kappa shape index (κ3) is 5.06. The Bertz CT molecular complexity index is 861. The van der Waals surface area contributed by atoms with Crippen LogP contribution in [0.25, 0.3) is 0 Å². The second-order valence-electron chi connectivity index (χ2n) is 6.29. The van der Waals surface area contributed by atoms with Gasteiger partial charge in [-0.2, -0.15) is 4.31 Å². The summed E-state index contributed by atoms with van der Waals surface area (Å²) in [5.41, 5.74) is 1.56. The number of amides is 1. The Morgan fingerprint density at radius 3 is 2.38 bits per heavy atom. The first-order valence-corrected chi connectivity index (χ1v) is 9.71. The molecule has 2 aromatic rings. The number of hydrogen-bond acceptors (Lipinski definition) is 4. The summed E-state index contributed by atoms with van der Waals surface area (Å²) >= 11 is 0. The molecule has 0 unspecified atom stereocenters. The number of nitrogens with one attached hydrogen (secondary N) is 1. The number of carbonyl (C=O) groups is 1. The Labute approximate surface area is 154 Å². The van der Waals surface area contributed by atoms with Gasteiger partial charge in [-0.05, 0) is 62.7 Å². The van der Waals surface area contributed by atoms with Crippen LogP contribution in [0.3, 0.4) is 0 Å². The molecule has 6 nitrogen and oxygen atoms in total. The van der Waals surface area contributed by atoms with Gasteiger partial charge < -0.3 is 10.1 Å². The molecule has 0 aliphatic carbocycles. The van der Waals surface area contributed by atoms with E-state index in [0.29, 0.717) is 11.4 Å². The van der Waals surface area contributed by atoms with Crippen LogP contribution in [0.2, 0.25) is 0 Å². The molecule has 0 saturated carbocycles. The van der Waals surface area contributed by atoms with Crippen LogP contribution >= 0.6 is 0 Å². The van der Waals surface area contributed by atoms with E-state index in [9.17, 15) is 13.2 Å². The molecule has 0 atom stereocenters. The fraction of sp³-hybridized carbons (Fsp3) is 0.316. The molecule has 0 bridgehead atoms. The van der Waals surface area contributed by atoms with Gasteiger partial charge in [0.05, 0.1) is 4.90 Å². The van der Waals surface area contributed by atoms with Gasteiger partial charge in [-0.3, -0.25) is 4.79 Å². The van der Waals surface area contributed by atoms with Crippen LogP contribution in [0.5, 0.6) is 5.75 Å². The van der Waals surface area contributed by atoms with Crippen LogP contribution in [0.1, 0.15) is 19.4 Å². The molecule has 0 aliphatic heterocycles. The van der Waals surface area contributed by atoms with Gasteiger partial charge in [-0.25, -0.2) is 8.42 Å². The molecule has 0 radical (unpaired) electrons. The molecule has 0 saturated heterocycles. The predicted octanol–water partition coefficient (Wildman–Crippen LogP) is 3.04. The van der Waals surface area contributed by atoms with E-state index >= 15 is 0 Å². The summed E-state index contributed by atoms with van der Waals surface area (Å²) in [4.78, 5) is 12.2. The summed E-state index contributed by atoms with van der Waals surface area (Å²) in [7, 11) is -2.00. The highest BCUT2D eigenvalue weighted by molar-refractivity contribution is 7.89. The van der Waals surface area contributed by atoms with Gasteiger partial charge in [-0.15, -0.1) is 0 Å². The second-order valence-corrected chi connectivity index (χ2v) is 8.29. The smallest absolute Gasteiger partial charge is 0.262 e. The van der Waals surface area contributed by atoms with Crippen LogP contribution in [0.15, 0.2) is 53.4 Å². The second kappa shape index (κ2) is 8.33. The van der Waals surface area contributed by atoms with Crippen LogP contribution in [-0.2, 0) is 14.8 Å². The molecule has 2 rings (SSSR count). The Hall–Kier alpha value is -2.38. The molecule has 0 aromatic heterocycles. The van der Waals surface area contributed by atoms with E-state index in [0.717, 1.165) is 5.56 Å². The molecule has 0 spiro atoms. The van der Waals surface area contributed by atoms with E-state index in [1.807, 2.05) is 25.1 Å². The van der Waals surface area contributed by atoms with E-state index in [4.69, 9.17) is 4.74 Å². The van der Waals surface area contributed by atoms with Crippen molar-refractivity contribution in [3.63, 3.8) is 0 Å². The first-order valence-electron chi connectivity index (χ1n) is 8.27. The maximum atomic E-state index is 12.4. The van der Waals surface area contributed by atoms with Crippen molar-refractivity contribution in [1.82, 2.24) is 4.31 Å². The van der Waals surface area contributed by atoms with Crippen LogP contribution in [-0.4, -0.2) is 38.3 Å². The van der Waals surface area contributed by atoms with Crippen molar-refractivity contribution < 1.29 is 17.9 Å². The van der Waals surface area contributed by atoms with Crippen LogP contribution < -0.4 is 10.1 Å². The topological polar surface area (TPSA) is 75.7 Å². The fourth-order valence-corrected chi connectivity index (χ4v) is 3.57. The van der Waals surface area contributed by atoms with Crippen molar-refractivity contribution >= 4 is 21.6 Å². The summed E-state index contributed by atoms with van der Waals surface area (Å²) in [5.74, 6) is 0.305. The SMILES string of the molecule is Cc1cccc(OCC(=O)Nc2ccc(S(=O)(=O)N(C)C(C)C)cc2)c1. The predicted molar refractivity (Wildman–Crippen MR) is 102 cm³/mol. The summed E-state index contributed by atoms with van der Waals surface area (Å²) in [6, 6.07) is 13.4. The largest absolute Gasteiger partial charge is 0.484 e. The molecule has 1 amide bonds. The lowest BCUT2D eigenvalue weighted by molar-refractivity contribution is -0.118. The van der Waals surface area contributed by atoms with Gasteiger partial charge in [0.1, 0.15) is 5.75 Å². The first-order chi connectivity index (χ1) is 12.2. The summed E-state index contributed by atoms with van der Waals surface area (Å²) in [6.07, 6.45) is 0. The number of ether oxygens (including phenoxy) is 1. The highest BCUT2D eigenvalue weighted by Crippen LogP contribution is 2.19. The van der Waals surface area contributed by atoms with Crippen molar-refractivity contribution in [3.05, 3.63) is 54.1 Å². The third-order valence-corrected chi connectivity index (χ3v) is 5.95. The molecule has 1 N–H and O–H groups in total. The average molecular weight is 376 g/mol. The maximum absolute atomic E-state index is 12.4. The number of hydrogen-bond donors (Lipinski definition) is 1. The van der Waals surface area contributed by atoms with Crippen LogP contribution in [0, 0.1) is 6.92 Å². The highest BCUT2D eigenvalue weighted by atomic mass is 32.2. The monoisotopic (exact) mass is 376 g/mol. The molecule has 0 heterocycles. The van der Waals surface area contributed by atoms with Gasteiger partial charge in [0.25, 0.3) is 5.91 Å². The number of aryl methyl sites for hydroxylation is 1. The Morgan fingerprint density at radius 2 is 1.81 bits per heavy atom. The summed E-state index contributed by atoms with van der Waals surface area (Å²) < 4.78 is 31.6. The van der Waals surface area contributed by atoms with Crippen molar-refractivity contribution in [2.75, 3.05) is 19.0 Å². The summed E-state index contributed by atoms with van der Waals surface area (Å²) in [6.45, 7) is 5.43. The molecule has 7 heteroatoms. The number of carbonyl (C=O) groups excluding carboxylic acids is 1. The van der Waals surface area contributed by atoms with E-state index in [1.54, 1.807) is 39.1 Å². The van der Waals surface area contributed by atoms with E-state index in [2.05, 4.69) is 5.32 Å². The highest BCUT2D eigenvalue weighted by Gasteiger charge is 2.22. The molecule has 26 heavy (non-hydrogen) atoms. The molecule has 2 aromatic carbocycles. The molecule has 140 valence electrons. The lowest BCUT2D eigenvalue weighted by Crippen LogP contribution is -2.33. The normalized spacial score (nSPS) is 11.6. The number of sulfonamides is 1. The maximum Gasteiger partial charge on any atom is 0.262 e. The number of benzene rings is 2. The molecular formula is C19H24N2O4S. The lowest BCUT2D eigenvalue weighted by atomic mass is 10.2. The standard InChI is InChI=1S/C19H24N2O4S/c1-14(2)21(4)26(23,24)18-10-8-16(9-11-18)20-19(22)13-25-17-7-5-6-15(3)12-17/h5-12,14H,13H2,1-4H3,(H,20,22). The molecule has 0 fully saturated rings. The third-order valence-electron chi connectivity index (χ3n) is 3.90. The zero-order chi connectivity index (χ0) is 19.3. The lowest BCUT2D eigenvalue weighted by Gasteiger charge is -2.21. The van der Waals surface area contributed by atoms with E-state index in [1.165, 1.54) is 16.4 Å². The average Bonchev–Trinajstić information content (AvgIpc) is 2.59. The zero-order valence-corrected chi connectivity index (χ0v) is 16.2. The van der Waals surface area contributed by atoms with E-state index < -0.39 is 10.0 Å². The van der Waals surface area contributed by atoms with Gasteiger partial charge in [0.2, 0.25) is 10.0 Å². The molecular weight excluding hydrogens is 352 g/mol. The molecule has 0 aliphatic rings. The first kappa shape index (κ1) is 19.9. The quantitative estimate of drug-likeness (QED) is 0.806. The van der Waals surface area contributed by atoms with Crippen molar-refractivity contribution in [3.8, 4) is 5.75 Å². The number of anilines is 1. The van der Waals surface area contributed by atoms with Gasteiger partial charge >= 0.3 is 0 Å². The van der Waals surface area contributed by atoms with Gasteiger partial charge in [0, 0.05) is 18.8 Å². The Balaban J connectivity index is 1.97. The Morgan fingerprint density at radius 1 is 1.15 bits per heavy atom. The van der Waals surface area contributed by atoms with Gasteiger partial charge in [0.15, 0.2) is 6.61 Å². The van der Waals surface area contributed by atoms with E-state index in [-0.39, 0.29) is 23.5 Å². The zero-order valence-electron chi connectivity index (χ0n) is 15.4. The van der Waals surface area contributed by atoms with Crippen molar-refractivity contribution in [2.24, 2.45) is 0 Å². The Kier molecular flexibility index (Phi) is 6.39. The number of rotatable bonds is 7. The van der Waals surface area contributed by atoms with Crippen molar-refractivity contribution in [2.45, 2.75) is 31.7 Å².